The molecule has 0 spiro atoms. The molecule has 1 saturated heterocycles. The minimum absolute atomic E-state index is 0.0514. The second kappa shape index (κ2) is 8.81. The van der Waals surface area contributed by atoms with Crippen molar-refractivity contribution in [3.63, 3.8) is 0 Å². The first-order valence-corrected chi connectivity index (χ1v) is 11.2. The minimum Gasteiger partial charge on any atom is -0.497 e. The number of carbonyl (C=O) groups is 4. The van der Waals surface area contributed by atoms with Gasteiger partial charge in [-0.1, -0.05) is 30.3 Å². The summed E-state index contributed by atoms with van der Waals surface area (Å²) >= 11 is 0. The van der Waals surface area contributed by atoms with Gasteiger partial charge in [-0.2, -0.15) is 0 Å². The normalized spacial score (nSPS) is 18.5. The first-order chi connectivity index (χ1) is 17.3. The van der Waals surface area contributed by atoms with Crippen LogP contribution in [-0.2, 0) is 16.9 Å². The van der Waals surface area contributed by atoms with Crippen molar-refractivity contribution in [2.75, 3.05) is 20.7 Å². The molecule has 0 aliphatic carbocycles. The van der Waals surface area contributed by atoms with E-state index < -0.39 is 17.5 Å². The van der Waals surface area contributed by atoms with Crippen LogP contribution < -0.4 is 20.7 Å². The van der Waals surface area contributed by atoms with Gasteiger partial charge >= 0.3 is 6.03 Å². The molecule has 5 rings (SSSR count). The Morgan fingerprint density at radius 2 is 1.89 bits per heavy atom. The van der Waals surface area contributed by atoms with Crippen LogP contribution in [0, 0.1) is 0 Å². The van der Waals surface area contributed by atoms with Crippen LogP contribution in [0.2, 0.25) is 0 Å². The Balaban J connectivity index is 1.46. The fraction of sp³-hybridized carbons (Fsp3) is 0.192. The van der Waals surface area contributed by atoms with E-state index in [4.69, 9.17) is 4.74 Å². The molecule has 1 fully saturated rings. The molecule has 5 amide bonds. The zero-order valence-corrected chi connectivity index (χ0v) is 19.6. The Morgan fingerprint density at radius 3 is 2.56 bits per heavy atom. The first-order valence-electron chi connectivity index (χ1n) is 11.2. The van der Waals surface area contributed by atoms with Gasteiger partial charge in [-0.15, -0.1) is 0 Å². The van der Waals surface area contributed by atoms with E-state index in [-0.39, 0.29) is 18.4 Å². The highest BCUT2D eigenvalue weighted by atomic mass is 16.5. The van der Waals surface area contributed by atoms with Crippen molar-refractivity contribution in [1.29, 1.82) is 0 Å². The van der Waals surface area contributed by atoms with E-state index in [2.05, 4.69) is 20.9 Å². The van der Waals surface area contributed by atoms with E-state index in [0.29, 0.717) is 34.7 Å². The maximum Gasteiger partial charge on any atom is 0.322 e. The predicted molar refractivity (Wildman–Crippen MR) is 129 cm³/mol. The third-order valence-corrected chi connectivity index (χ3v) is 6.49. The fourth-order valence-electron chi connectivity index (χ4n) is 4.58. The summed E-state index contributed by atoms with van der Waals surface area (Å²) in [6, 6.07) is 14.9. The van der Waals surface area contributed by atoms with Crippen LogP contribution in [-0.4, -0.2) is 54.3 Å². The van der Waals surface area contributed by atoms with Crippen molar-refractivity contribution in [3.05, 3.63) is 83.0 Å². The number of nitrogens with one attached hydrogen (secondary N) is 3. The Bertz CT molecular complexity index is 1400. The molecule has 3 aromatic rings. The quantitative estimate of drug-likeness (QED) is 0.457. The van der Waals surface area contributed by atoms with Crippen molar-refractivity contribution in [2.24, 2.45) is 0 Å². The van der Waals surface area contributed by atoms with Crippen LogP contribution in [0.25, 0.3) is 11.3 Å². The summed E-state index contributed by atoms with van der Waals surface area (Å²) in [5.74, 6) is -0.450. The van der Waals surface area contributed by atoms with E-state index in [0.717, 1.165) is 11.1 Å². The van der Waals surface area contributed by atoms with Crippen molar-refractivity contribution in [2.45, 2.75) is 12.1 Å². The Labute approximate surface area is 206 Å². The summed E-state index contributed by atoms with van der Waals surface area (Å²) in [5.41, 5.74) is 2.14. The lowest BCUT2D eigenvalue weighted by atomic mass is 9.88. The summed E-state index contributed by atoms with van der Waals surface area (Å²) in [4.78, 5) is 56.3. The Hall–Kier alpha value is -4.73. The van der Waals surface area contributed by atoms with E-state index in [9.17, 15) is 19.2 Å². The zero-order valence-electron chi connectivity index (χ0n) is 19.6. The predicted octanol–water partition coefficient (Wildman–Crippen LogP) is 1.81. The number of hydrogen-bond donors (Lipinski definition) is 3. The molecule has 2 aromatic carbocycles. The van der Waals surface area contributed by atoms with Gasteiger partial charge in [-0.25, -0.2) is 4.79 Å². The number of nitrogens with zero attached hydrogens (tertiary/aromatic N) is 2. The van der Waals surface area contributed by atoms with Crippen molar-refractivity contribution < 1.29 is 23.9 Å². The number of fused-ring (bicyclic) bond motifs is 1. The zero-order chi connectivity index (χ0) is 25.4. The molecule has 0 bridgehead atoms. The first kappa shape index (κ1) is 23.0. The average molecular weight is 486 g/mol. The monoisotopic (exact) mass is 485 g/mol. The molecule has 0 radical (unpaired) electrons. The van der Waals surface area contributed by atoms with Gasteiger partial charge < -0.3 is 20.3 Å². The molecule has 0 unspecified atom stereocenters. The third-order valence-electron chi connectivity index (χ3n) is 6.49. The van der Waals surface area contributed by atoms with Crippen LogP contribution in [0.5, 0.6) is 5.75 Å². The standard InChI is InChI=1S/C26H23N5O5/c1-27-22(32)16-9-10-28-21(11-16)15-3-6-18(7-4-15)26(24(34)29-25(35)30-26)14-31-13-17-5-8-19(36-2)12-20(17)23(31)33/h3-12H,13-14H2,1-2H3,(H,27,32)(H2,29,30,34,35)/t26-/m0/s1. The van der Waals surface area contributed by atoms with E-state index >= 15 is 0 Å². The highest BCUT2D eigenvalue weighted by molar-refractivity contribution is 6.08. The molecule has 3 heterocycles. The number of methoxy groups -OCH3 is 1. The second-order valence-corrected chi connectivity index (χ2v) is 8.58. The number of benzene rings is 2. The van der Waals surface area contributed by atoms with Crippen LogP contribution >= 0.6 is 0 Å². The van der Waals surface area contributed by atoms with Crippen LogP contribution in [0.1, 0.15) is 31.8 Å². The van der Waals surface area contributed by atoms with Crippen LogP contribution in [0.3, 0.4) is 0 Å². The lowest BCUT2D eigenvalue weighted by molar-refractivity contribution is -0.124. The fourth-order valence-corrected chi connectivity index (χ4v) is 4.58. The average Bonchev–Trinajstić information content (AvgIpc) is 3.37. The summed E-state index contributed by atoms with van der Waals surface area (Å²) in [5, 5.41) is 7.62. The van der Waals surface area contributed by atoms with Crippen molar-refractivity contribution in [3.8, 4) is 17.0 Å². The number of pyridine rings is 1. The van der Waals surface area contributed by atoms with Gasteiger partial charge in [0.05, 0.1) is 19.3 Å². The van der Waals surface area contributed by atoms with Gasteiger partial charge in [0.2, 0.25) is 0 Å². The van der Waals surface area contributed by atoms with Gasteiger partial charge in [0, 0.05) is 36.5 Å². The van der Waals surface area contributed by atoms with Crippen LogP contribution in [0.15, 0.2) is 60.8 Å². The number of imide groups is 1. The minimum atomic E-state index is -1.46. The van der Waals surface area contributed by atoms with E-state index in [1.807, 2.05) is 6.07 Å². The smallest absolute Gasteiger partial charge is 0.322 e. The van der Waals surface area contributed by atoms with E-state index in [1.165, 1.54) is 12.0 Å². The second-order valence-electron chi connectivity index (χ2n) is 8.58. The number of ether oxygens (including phenoxy) is 1. The van der Waals surface area contributed by atoms with Crippen LogP contribution in [0.4, 0.5) is 4.79 Å². The van der Waals surface area contributed by atoms with Crippen molar-refractivity contribution in [1.82, 2.24) is 25.8 Å². The molecule has 182 valence electrons. The topological polar surface area (TPSA) is 130 Å². The van der Waals surface area contributed by atoms with Gasteiger partial charge in [-0.05, 0) is 35.4 Å². The molecule has 2 aliphatic heterocycles. The van der Waals surface area contributed by atoms with Gasteiger partial charge in [0.1, 0.15) is 5.75 Å². The summed E-state index contributed by atoms with van der Waals surface area (Å²) in [7, 11) is 3.08. The largest absolute Gasteiger partial charge is 0.497 e. The van der Waals surface area contributed by atoms with Gasteiger partial charge in [0.15, 0.2) is 5.54 Å². The molecule has 2 aliphatic rings. The Morgan fingerprint density at radius 1 is 1.11 bits per heavy atom. The number of urea groups is 1. The summed E-state index contributed by atoms with van der Waals surface area (Å²) in [6.45, 7) is 0.251. The number of carbonyl (C=O) groups excluding carboxylic acids is 4. The van der Waals surface area contributed by atoms with E-state index in [1.54, 1.807) is 61.8 Å². The van der Waals surface area contributed by atoms with Gasteiger partial charge in [0.25, 0.3) is 17.7 Å². The molecular weight excluding hydrogens is 462 g/mol. The molecule has 10 nitrogen and oxygen atoms in total. The maximum absolute atomic E-state index is 13.2. The Kier molecular flexibility index (Phi) is 5.63. The highest BCUT2D eigenvalue weighted by Crippen LogP contribution is 2.33. The maximum atomic E-state index is 13.2. The molecule has 1 atom stereocenters. The summed E-state index contributed by atoms with van der Waals surface area (Å²) in [6.07, 6.45) is 1.55. The number of aromatic nitrogens is 1. The molecule has 1 aromatic heterocycles. The molecule has 0 saturated carbocycles. The van der Waals surface area contributed by atoms with Crippen molar-refractivity contribution >= 4 is 23.8 Å². The number of hydrogen-bond acceptors (Lipinski definition) is 6. The molecule has 36 heavy (non-hydrogen) atoms. The lowest BCUT2D eigenvalue weighted by Crippen LogP contribution is -2.52. The third kappa shape index (κ3) is 3.82. The number of amides is 5. The lowest BCUT2D eigenvalue weighted by Gasteiger charge is -2.31. The number of rotatable bonds is 6. The van der Waals surface area contributed by atoms with Gasteiger partial charge in [-0.3, -0.25) is 24.7 Å². The molecule has 3 N–H and O–H groups in total. The highest BCUT2D eigenvalue weighted by Gasteiger charge is 2.50. The molecule has 10 heteroatoms. The SMILES string of the molecule is CNC(=O)c1ccnc(-c2ccc([C@]3(CN4Cc5ccc(OC)cc5C4=O)NC(=O)NC3=O)cc2)c1. The molecular formula is C26H23N5O5. The summed E-state index contributed by atoms with van der Waals surface area (Å²) < 4.78 is 5.23.